The van der Waals surface area contributed by atoms with Crippen molar-refractivity contribution in [2.24, 2.45) is 11.0 Å². The van der Waals surface area contributed by atoms with Crippen LogP contribution in [-0.4, -0.2) is 12.0 Å². The van der Waals surface area contributed by atoms with Crippen molar-refractivity contribution in [1.82, 2.24) is 5.43 Å². The fourth-order valence-corrected chi connectivity index (χ4v) is 2.03. The van der Waals surface area contributed by atoms with Gasteiger partial charge in [0.25, 0.3) is 0 Å². The van der Waals surface area contributed by atoms with Crippen LogP contribution in [0.15, 0.2) is 5.10 Å². The molecular formula is C10H17F3N2. The lowest BCUT2D eigenvalue weighted by Crippen LogP contribution is -2.29. The molecule has 0 unspecified atom stereocenters. The SMILES string of the molecule is CC/C(=N\NC(F)(F)F)C1CCCCC1. The summed E-state index contributed by atoms with van der Waals surface area (Å²) in [5.41, 5.74) is 1.92. The molecule has 88 valence electrons. The number of nitrogens with one attached hydrogen (secondary N) is 1. The molecule has 0 amide bonds. The van der Waals surface area contributed by atoms with E-state index >= 15 is 0 Å². The van der Waals surface area contributed by atoms with E-state index < -0.39 is 6.30 Å². The van der Waals surface area contributed by atoms with Crippen LogP contribution in [0.1, 0.15) is 45.4 Å². The Balaban J connectivity index is 2.53. The Morgan fingerprint density at radius 1 is 1.27 bits per heavy atom. The fourth-order valence-electron chi connectivity index (χ4n) is 2.03. The number of nitrogens with zero attached hydrogens (tertiary/aromatic N) is 1. The largest absolute Gasteiger partial charge is 0.497 e. The van der Waals surface area contributed by atoms with Gasteiger partial charge in [-0.2, -0.15) is 5.10 Å². The minimum Gasteiger partial charge on any atom is -0.218 e. The molecule has 15 heavy (non-hydrogen) atoms. The highest BCUT2D eigenvalue weighted by molar-refractivity contribution is 5.86. The Hall–Kier alpha value is -0.740. The first-order valence-electron chi connectivity index (χ1n) is 5.43. The lowest BCUT2D eigenvalue weighted by atomic mass is 9.85. The van der Waals surface area contributed by atoms with Gasteiger partial charge in [-0.05, 0) is 25.2 Å². The third kappa shape index (κ3) is 4.53. The quantitative estimate of drug-likeness (QED) is 0.441. The molecule has 0 aromatic heterocycles. The molecule has 1 N–H and O–H groups in total. The first-order valence-corrected chi connectivity index (χ1v) is 5.43. The Morgan fingerprint density at radius 2 is 1.87 bits per heavy atom. The molecule has 1 saturated carbocycles. The van der Waals surface area contributed by atoms with E-state index in [1.165, 1.54) is 11.8 Å². The minimum atomic E-state index is -4.41. The molecule has 1 fully saturated rings. The van der Waals surface area contributed by atoms with Crippen molar-refractivity contribution in [1.29, 1.82) is 0 Å². The van der Waals surface area contributed by atoms with Crippen molar-refractivity contribution in [2.45, 2.75) is 51.7 Å². The van der Waals surface area contributed by atoms with Crippen LogP contribution in [0.2, 0.25) is 0 Å². The van der Waals surface area contributed by atoms with Gasteiger partial charge in [0.2, 0.25) is 0 Å². The molecule has 0 aliphatic heterocycles. The highest BCUT2D eigenvalue weighted by atomic mass is 19.4. The second kappa shape index (κ2) is 5.37. The van der Waals surface area contributed by atoms with Crippen molar-refractivity contribution in [2.75, 3.05) is 0 Å². The normalized spacial score (nSPS) is 20.4. The summed E-state index contributed by atoms with van der Waals surface area (Å²) in [5, 5.41) is 3.48. The molecule has 0 saturated heterocycles. The van der Waals surface area contributed by atoms with Gasteiger partial charge in [-0.25, -0.2) is 5.43 Å². The summed E-state index contributed by atoms with van der Waals surface area (Å²) in [6.07, 6.45) is 1.55. The zero-order valence-corrected chi connectivity index (χ0v) is 8.90. The molecule has 0 atom stereocenters. The zero-order valence-electron chi connectivity index (χ0n) is 8.90. The highest BCUT2D eigenvalue weighted by Gasteiger charge is 2.27. The maximum Gasteiger partial charge on any atom is 0.497 e. The van der Waals surface area contributed by atoms with E-state index in [2.05, 4.69) is 5.10 Å². The monoisotopic (exact) mass is 222 g/mol. The summed E-state index contributed by atoms with van der Waals surface area (Å²) in [6.45, 7) is 1.85. The number of halogens is 3. The van der Waals surface area contributed by atoms with E-state index in [1.54, 1.807) is 0 Å². The van der Waals surface area contributed by atoms with Gasteiger partial charge in [-0.3, -0.25) is 0 Å². The molecule has 0 spiro atoms. The molecule has 1 aliphatic rings. The number of hydrogen-bond donors (Lipinski definition) is 1. The van der Waals surface area contributed by atoms with Gasteiger partial charge in [-0.1, -0.05) is 26.2 Å². The Labute approximate surface area is 87.9 Å². The topological polar surface area (TPSA) is 24.4 Å². The van der Waals surface area contributed by atoms with E-state index in [0.717, 1.165) is 25.7 Å². The second-order valence-electron chi connectivity index (χ2n) is 3.90. The number of hydrogen-bond acceptors (Lipinski definition) is 2. The number of hydrazone groups is 1. The van der Waals surface area contributed by atoms with Gasteiger partial charge in [0, 0.05) is 5.71 Å². The number of rotatable bonds is 3. The molecule has 1 aliphatic carbocycles. The standard InChI is InChI=1S/C10H17F3N2/c1-2-9(14-15-10(11,12)13)8-6-4-3-5-7-8/h8,15H,2-7H2,1H3/b14-9+. The maximum absolute atomic E-state index is 11.9. The Kier molecular flexibility index (Phi) is 4.42. The molecule has 0 aromatic rings. The van der Waals surface area contributed by atoms with Crippen LogP contribution in [0.4, 0.5) is 13.2 Å². The molecule has 2 nitrogen and oxygen atoms in total. The average molecular weight is 222 g/mol. The van der Waals surface area contributed by atoms with Gasteiger partial charge in [0.15, 0.2) is 0 Å². The third-order valence-corrected chi connectivity index (χ3v) is 2.76. The predicted octanol–water partition coefficient (Wildman–Crippen LogP) is 3.44. The van der Waals surface area contributed by atoms with Gasteiger partial charge >= 0.3 is 6.30 Å². The molecule has 0 bridgehead atoms. The van der Waals surface area contributed by atoms with E-state index in [0.29, 0.717) is 12.1 Å². The van der Waals surface area contributed by atoms with Crippen LogP contribution < -0.4 is 5.43 Å². The second-order valence-corrected chi connectivity index (χ2v) is 3.90. The lowest BCUT2D eigenvalue weighted by Gasteiger charge is -2.22. The van der Waals surface area contributed by atoms with E-state index in [-0.39, 0.29) is 5.92 Å². The average Bonchev–Trinajstić information content (AvgIpc) is 2.19. The first kappa shape index (κ1) is 12.3. The molecule has 0 radical (unpaired) electrons. The maximum atomic E-state index is 11.9. The summed E-state index contributed by atoms with van der Waals surface area (Å²) in [4.78, 5) is 0. The summed E-state index contributed by atoms with van der Waals surface area (Å²) < 4.78 is 35.7. The smallest absolute Gasteiger partial charge is 0.218 e. The summed E-state index contributed by atoms with van der Waals surface area (Å²) in [5.74, 6) is 0.249. The van der Waals surface area contributed by atoms with Crippen LogP contribution in [0.5, 0.6) is 0 Å². The minimum absolute atomic E-state index is 0.249. The molecular weight excluding hydrogens is 205 g/mol. The van der Waals surface area contributed by atoms with Crippen LogP contribution >= 0.6 is 0 Å². The van der Waals surface area contributed by atoms with Gasteiger partial charge in [0.05, 0.1) is 0 Å². The fraction of sp³-hybridized carbons (Fsp3) is 0.900. The van der Waals surface area contributed by atoms with Crippen LogP contribution in [-0.2, 0) is 0 Å². The summed E-state index contributed by atoms with van der Waals surface area (Å²) >= 11 is 0. The van der Waals surface area contributed by atoms with Crippen molar-refractivity contribution in [3.8, 4) is 0 Å². The van der Waals surface area contributed by atoms with Crippen LogP contribution in [0, 0.1) is 5.92 Å². The highest BCUT2D eigenvalue weighted by Crippen LogP contribution is 2.26. The van der Waals surface area contributed by atoms with E-state index in [1.807, 2.05) is 6.92 Å². The first-order chi connectivity index (χ1) is 7.03. The molecule has 5 heteroatoms. The molecule has 0 heterocycles. The van der Waals surface area contributed by atoms with Gasteiger partial charge in [0.1, 0.15) is 0 Å². The summed E-state index contributed by atoms with van der Waals surface area (Å²) in [7, 11) is 0. The van der Waals surface area contributed by atoms with Crippen molar-refractivity contribution in [3.05, 3.63) is 0 Å². The zero-order chi connectivity index (χ0) is 11.3. The van der Waals surface area contributed by atoms with Crippen LogP contribution in [0.3, 0.4) is 0 Å². The van der Waals surface area contributed by atoms with Crippen molar-refractivity contribution in [3.63, 3.8) is 0 Å². The van der Waals surface area contributed by atoms with E-state index in [9.17, 15) is 13.2 Å². The Bertz CT molecular complexity index is 217. The third-order valence-electron chi connectivity index (χ3n) is 2.76. The van der Waals surface area contributed by atoms with Crippen molar-refractivity contribution < 1.29 is 13.2 Å². The van der Waals surface area contributed by atoms with Crippen LogP contribution in [0.25, 0.3) is 0 Å². The lowest BCUT2D eigenvalue weighted by molar-refractivity contribution is -0.156. The van der Waals surface area contributed by atoms with E-state index in [4.69, 9.17) is 0 Å². The Morgan fingerprint density at radius 3 is 2.33 bits per heavy atom. The predicted molar refractivity (Wildman–Crippen MR) is 53.5 cm³/mol. The van der Waals surface area contributed by atoms with Gasteiger partial charge < -0.3 is 0 Å². The van der Waals surface area contributed by atoms with Gasteiger partial charge in [-0.15, -0.1) is 13.2 Å². The summed E-state index contributed by atoms with van der Waals surface area (Å²) in [6, 6.07) is 0. The molecule has 0 aromatic carbocycles. The number of alkyl halides is 3. The van der Waals surface area contributed by atoms with Crippen molar-refractivity contribution >= 4 is 5.71 Å². The molecule has 1 rings (SSSR count).